The van der Waals surface area contributed by atoms with Crippen LogP contribution in [-0.4, -0.2) is 49.3 Å². The third kappa shape index (κ3) is 3.27. The topological polar surface area (TPSA) is 49.8 Å². The first-order chi connectivity index (χ1) is 6.63. The molecule has 0 unspecified atom stereocenters. The molecule has 1 aliphatic heterocycles. The monoisotopic (exact) mass is 201 g/mol. The number of aliphatic carboxylic acids is 1. The van der Waals surface area contributed by atoms with Gasteiger partial charge in [0.05, 0.1) is 13.0 Å². The first kappa shape index (κ1) is 11.5. The van der Waals surface area contributed by atoms with Gasteiger partial charge in [-0.3, -0.25) is 4.79 Å². The van der Waals surface area contributed by atoms with Gasteiger partial charge in [0.1, 0.15) is 0 Å². The molecule has 1 saturated heterocycles. The fraction of sp³-hybridized carbons (Fsp3) is 0.900. The van der Waals surface area contributed by atoms with Crippen molar-refractivity contribution in [1.82, 2.24) is 4.90 Å². The van der Waals surface area contributed by atoms with Crippen molar-refractivity contribution in [2.75, 3.05) is 33.4 Å². The van der Waals surface area contributed by atoms with Crippen LogP contribution in [0.25, 0.3) is 0 Å². The van der Waals surface area contributed by atoms with Crippen molar-refractivity contribution in [1.29, 1.82) is 0 Å². The summed E-state index contributed by atoms with van der Waals surface area (Å²) in [6, 6.07) is 0. The van der Waals surface area contributed by atoms with Crippen LogP contribution < -0.4 is 0 Å². The normalized spacial score (nSPS) is 28.1. The Kier molecular flexibility index (Phi) is 4.35. The molecule has 0 aromatic rings. The van der Waals surface area contributed by atoms with Gasteiger partial charge in [0.2, 0.25) is 0 Å². The Balaban J connectivity index is 2.27. The van der Waals surface area contributed by atoms with Crippen LogP contribution in [0.2, 0.25) is 0 Å². The first-order valence-corrected chi connectivity index (χ1v) is 5.06. The largest absolute Gasteiger partial charge is 0.481 e. The van der Waals surface area contributed by atoms with E-state index in [0.717, 1.165) is 19.7 Å². The second kappa shape index (κ2) is 5.32. The van der Waals surface area contributed by atoms with E-state index >= 15 is 0 Å². The van der Waals surface area contributed by atoms with Gasteiger partial charge in [-0.25, -0.2) is 0 Å². The molecule has 1 heterocycles. The Morgan fingerprint density at radius 3 is 2.86 bits per heavy atom. The predicted molar refractivity (Wildman–Crippen MR) is 53.2 cm³/mol. The Hall–Kier alpha value is -0.610. The Bertz CT molecular complexity index is 196. The van der Waals surface area contributed by atoms with Crippen LogP contribution in [0.5, 0.6) is 0 Å². The fourth-order valence-corrected chi connectivity index (χ4v) is 2.01. The number of ether oxygens (including phenoxy) is 1. The van der Waals surface area contributed by atoms with Gasteiger partial charge in [0, 0.05) is 26.7 Å². The average Bonchev–Trinajstić information content (AvgIpc) is 2.45. The second-order valence-electron chi connectivity index (χ2n) is 4.10. The van der Waals surface area contributed by atoms with Gasteiger partial charge in [0.15, 0.2) is 0 Å². The van der Waals surface area contributed by atoms with Crippen LogP contribution in [0.4, 0.5) is 0 Å². The van der Waals surface area contributed by atoms with Gasteiger partial charge in [0.25, 0.3) is 0 Å². The maximum absolute atomic E-state index is 10.4. The minimum absolute atomic E-state index is 0.242. The van der Waals surface area contributed by atoms with E-state index in [4.69, 9.17) is 9.84 Å². The molecule has 14 heavy (non-hydrogen) atoms. The SMILES string of the molecule is COC[C@@H]1CN(CCC(=O)O)C[C@H]1C. The van der Waals surface area contributed by atoms with Crippen LogP contribution in [0.15, 0.2) is 0 Å². The van der Waals surface area contributed by atoms with E-state index in [0.29, 0.717) is 18.4 Å². The number of nitrogens with zero attached hydrogens (tertiary/aromatic N) is 1. The van der Waals surface area contributed by atoms with E-state index in [1.165, 1.54) is 0 Å². The van der Waals surface area contributed by atoms with Crippen molar-refractivity contribution < 1.29 is 14.6 Å². The lowest BCUT2D eigenvalue weighted by molar-refractivity contribution is -0.137. The molecule has 1 aliphatic rings. The quantitative estimate of drug-likeness (QED) is 0.710. The average molecular weight is 201 g/mol. The van der Waals surface area contributed by atoms with Gasteiger partial charge < -0.3 is 14.7 Å². The summed E-state index contributed by atoms with van der Waals surface area (Å²) in [7, 11) is 1.71. The minimum Gasteiger partial charge on any atom is -0.481 e. The Labute approximate surface area is 84.8 Å². The van der Waals surface area contributed by atoms with Crippen molar-refractivity contribution in [3.8, 4) is 0 Å². The number of carboxylic acid groups (broad SMARTS) is 1. The van der Waals surface area contributed by atoms with Gasteiger partial charge in [-0.05, 0) is 11.8 Å². The third-order valence-electron chi connectivity index (χ3n) is 2.87. The maximum Gasteiger partial charge on any atom is 0.304 e. The maximum atomic E-state index is 10.4. The zero-order chi connectivity index (χ0) is 10.6. The number of likely N-dealkylation sites (tertiary alicyclic amines) is 1. The van der Waals surface area contributed by atoms with Crippen LogP contribution in [0.1, 0.15) is 13.3 Å². The van der Waals surface area contributed by atoms with Gasteiger partial charge in [-0.1, -0.05) is 6.92 Å². The third-order valence-corrected chi connectivity index (χ3v) is 2.87. The summed E-state index contributed by atoms with van der Waals surface area (Å²) >= 11 is 0. The van der Waals surface area contributed by atoms with E-state index in [1.54, 1.807) is 7.11 Å². The Morgan fingerprint density at radius 1 is 1.57 bits per heavy atom. The number of methoxy groups -OCH3 is 1. The van der Waals surface area contributed by atoms with E-state index in [2.05, 4.69) is 11.8 Å². The van der Waals surface area contributed by atoms with Crippen molar-refractivity contribution in [2.24, 2.45) is 11.8 Å². The number of carboxylic acids is 1. The summed E-state index contributed by atoms with van der Waals surface area (Å²) in [5.74, 6) is 0.463. The molecule has 0 aliphatic carbocycles. The van der Waals surface area contributed by atoms with Crippen molar-refractivity contribution in [2.45, 2.75) is 13.3 Å². The van der Waals surface area contributed by atoms with Crippen molar-refractivity contribution in [3.63, 3.8) is 0 Å². The molecule has 4 heteroatoms. The highest BCUT2D eigenvalue weighted by Gasteiger charge is 2.29. The zero-order valence-corrected chi connectivity index (χ0v) is 8.90. The van der Waals surface area contributed by atoms with E-state index < -0.39 is 5.97 Å². The van der Waals surface area contributed by atoms with E-state index in [-0.39, 0.29) is 6.42 Å². The molecule has 1 fully saturated rings. The summed E-state index contributed by atoms with van der Waals surface area (Å²) in [4.78, 5) is 12.6. The van der Waals surface area contributed by atoms with Crippen LogP contribution in [0, 0.1) is 11.8 Å². The zero-order valence-electron chi connectivity index (χ0n) is 8.90. The van der Waals surface area contributed by atoms with Gasteiger partial charge in [-0.15, -0.1) is 0 Å². The molecule has 0 saturated carbocycles. The molecule has 1 rings (SSSR count). The van der Waals surface area contributed by atoms with Crippen LogP contribution >= 0.6 is 0 Å². The molecule has 0 amide bonds. The Morgan fingerprint density at radius 2 is 2.29 bits per heavy atom. The number of hydrogen-bond acceptors (Lipinski definition) is 3. The minimum atomic E-state index is -0.715. The van der Waals surface area contributed by atoms with Crippen LogP contribution in [0.3, 0.4) is 0 Å². The standard InChI is InChI=1S/C10H19NO3/c1-8-5-11(4-3-10(12)13)6-9(8)7-14-2/h8-9H,3-7H2,1-2H3,(H,12,13)/t8-,9+/m1/s1. The van der Waals surface area contributed by atoms with E-state index in [1.807, 2.05) is 0 Å². The second-order valence-corrected chi connectivity index (χ2v) is 4.10. The lowest BCUT2D eigenvalue weighted by atomic mass is 10.00. The van der Waals surface area contributed by atoms with Gasteiger partial charge in [-0.2, -0.15) is 0 Å². The fourth-order valence-electron chi connectivity index (χ4n) is 2.01. The summed E-state index contributed by atoms with van der Waals surface area (Å²) in [6.45, 7) is 5.62. The lowest BCUT2D eigenvalue weighted by Gasteiger charge is -2.13. The highest BCUT2D eigenvalue weighted by atomic mass is 16.5. The van der Waals surface area contributed by atoms with Gasteiger partial charge >= 0.3 is 5.97 Å². The molecular formula is C10H19NO3. The summed E-state index contributed by atoms with van der Waals surface area (Å²) < 4.78 is 5.13. The number of hydrogen-bond donors (Lipinski definition) is 1. The molecule has 0 spiro atoms. The molecule has 0 radical (unpaired) electrons. The van der Waals surface area contributed by atoms with Crippen molar-refractivity contribution >= 4 is 5.97 Å². The highest BCUT2D eigenvalue weighted by Crippen LogP contribution is 2.22. The number of carbonyl (C=O) groups is 1. The van der Waals surface area contributed by atoms with Crippen molar-refractivity contribution in [3.05, 3.63) is 0 Å². The lowest BCUT2D eigenvalue weighted by Crippen LogP contribution is -2.24. The smallest absolute Gasteiger partial charge is 0.304 e. The first-order valence-electron chi connectivity index (χ1n) is 5.06. The highest BCUT2D eigenvalue weighted by molar-refractivity contribution is 5.66. The molecule has 4 nitrogen and oxygen atoms in total. The molecule has 82 valence electrons. The molecule has 1 N–H and O–H groups in total. The summed E-state index contributed by atoms with van der Waals surface area (Å²) in [5, 5.41) is 8.56. The summed E-state index contributed by atoms with van der Waals surface area (Å²) in [6.07, 6.45) is 0.242. The number of rotatable bonds is 5. The van der Waals surface area contributed by atoms with E-state index in [9.17, 15) is 4.79 Å². The molecule has 0 aromatic heterocycles. The summed E-state index contributed by atoms with van der Waals surface area (Å²) in [5.41, 5.74) is 0. The predicted octanol–water partition coefficient (Wildman–Crippen LogP) is 0.675. The van der Waals surface area contributed by atoms with Crippen LogP contribution in [-0.2, 0) is 9.53 Å². The molecule has 0 aromatic carbocycles. The molecule has 0 bridgehead atoms. The molecular weight excluding hydrogens is 182 g/mol. The molecule has 2 atom stereocenters.